The van der Waals surface area contributed by atoms with Crippen LogP contribution in [-0.2, 0) is 6.42 Å². The molecule has 2 aromatic heterocycles. The minimum absolute atomic E-state index is 0.223. The molecule has 1 unspecified atom stereocenters. The summed E-state index contributed by atoms with van der Waals surface area (Å²) in [6.07, 6.45) is 5.38. The van der Waals surface area contributed by atoms with Crippen LogP contribution < -0.4 is 5.73 Å². The molecule has 3 N–H and O–H groups in total. The van der Waals surface area contributed by atoms with Crippen LogP contribution in [0.4, 0.5) is 0 Å². The molecule has 0 amide bonds. The van der Waals surface area contributed by atoms with E-state index >= 15 is 0 Å². The highest BCUT2D eigenvalue weighted by Crippen LogP contribution is 2.10. The zero-order valence-electron chi connectivity index (χ0n) is 8.20. The van der Waals surface area contributed by atoms with E-state index < -0.39 is 0 Å². The monoisotopic (exact) mass is 190 g/mol. The smallest absolute Gasteiger partial charge is 0.107 e. The summed E-state index contributed by atoms with van der Waals surface area (Å²) in [4.78, 5) is 11.7. The first-order chi connectivity index (χ1) is 6.75. The Morgan fingerprint density at radius 1 is 1.57 bits per heavy atom. The number of nitrogens with zero attached hydrogens (tertiary/aromatic N) is 2. The Morgan fingerprint density at radius 2 is 2.43 bits per heavy atom. The lowest BCUT2D eigenvalue weighted by Crippen LogP contribution is -2.15. The maximum atomic E-state index is 5.68. The first kappa shape index (κ1) is 9.15. The first-order valence-corrected chi connectivity index (χ1v) is 4.80. The lowest BCUT2D eigenvalue weighted by molar-refractivity contribution is 0.652. The van der Waals surface area contributed by atoms with Gasteiger partial charge in [-0.15, -0.1) is 0 Å². The van der Waals surface area contributed by atoms with Gasteiger partial charge in [0.1, 0.15) is 5.82 Å². The number of imidazole rings is 1. The molecule has 0 fully saturated rings. The molecule has 74 valence electrons. The first-order valence-electron chi connectivity index (χ1n) is 4.80. The van der Waals surface area contributed by atoms with E-state index in [2.05, 4.69) is 15.0 Å². The summed E-state index contributed by atoms with van der Waals surface area (Å²) < 4.78 is 0. The molecule has 0 radical (unpaired) electrons. The van der Waals surface area contributed by atoms with Crippen LogP contribution in [0.2, 0.25) is 0 Å². The normalized spacial score (nSPS) is 13.3. The summed E-state index contributed by atoms with van der Waals surface area (Å²) >= 11 is 0. The summed E-state index contributed by atoms with van der Waals surface area (Å²) in [7, 11) is 0. The van der Waals surface area contributed by atoms with Crippen molar-refractivity contribution >= 4 is 11.0 Å². The summed E-state index contributed by atoms with van der Waals surface area (Å²) in [6, 6.07) is 2.13. The predicted octanol–water partition coefficient (Wildman–Crippen LogP) is 1.24. The van der Waals surface area contributed by atoms with E-state index in [4.69, 9.17) is 5.73 Å². The van der Waals surface area contributed by atoms with Gasteiger partial charge < -0.3 is 10.7 Å². The van der Waals surface area contributed by atoms with Crippen LogP contribution in [0.25, 0.3) is 11.0 Å². The Hall–Kier alpha value is -1.42. The van der Waals surface area contributed by atoms with Gasteiger partial charge in [-0.2, -0.15) is 0 Å². The lowest BCUT2D eigenvalue weighted by Gasteiger charge is -2.00. The molecule has 1 atom stereocenters. The molecule has 0 aromatic carbocycles. The molecule has 0 saturated carbocycles. The van der Waals surface area contributed by atoms with E-state index in [0.717, 1.165) is 29.7 Å². The van der Waals surface area contributed by atoms with Gasteiger partial charge >= 0.3 is 0 Å². The van der Waals surface area contributed by atoms with Crippen LogP contribution in [0.5, 0.6) is 0 Å². The SMILES string of the molecule is CC(N)CCc1nc2ccncc2[nH]1. The zero-order chi connectivity index (χ0) is 9.97. The molecule has 0 saturated heterocycles. The predicted molar refractivity (Wildman–Crippen MR) is 55.9 cm³/mol. The Kier molecular flexibility index (Phi) is 2.45. The number of aromatic nitrogens is 3. The number of aryl methyl sites for hydroxylation is 1. The van der Waals surface area contributed by atoms with Crippen LogP contribution in [0.3, 0.4) is 0 Å². The van der Waals surface area contributed by atoms with E-state index in [9.17, 15) is 0 Å². The highest BCUT2D eigenvalue weighted by Gasteiger charge is 2.03. The number of pyridine rings is 1. The molecular weight excluding hydrogens is 176 g/mol. The van der Waals surface area contributed by atoms with Crippen LogP contribution in [0.15, 0.2) is 18.5 Å². The van der Waals surface area contributed by atoms with Gasteiger partial charge in [0.05, 0.1) is 17.2 Å². The second-order valence-electron chi connectivity index (χ2n) is 3.59. The van der Waals surface area contributed by atoms with Crippen molar-refractivity contribution < 1.29 is 0 Å². The summed E-state index contributed by atoms with van der Waals surface area (Å²) in [5, 5.41) is 0. The van der Waals surface area contributed by atoms with Crippen LogP contribution in [-0.4, -0.2) is 21.0 Å². The Labute approximate surface area is 82.6 Å². The van der Waals surface area contributed by atoms with Gasteiger partial charge in [0.2, 0.25) is 0 Å². The van der Waals surface area contributed by atoms with Crippen molar-refractivity contribution in [1.29, 1.82) is 0 Å². The van der Waals surface area contributed by atoms with Crippen molar-refractivity contribution in [3.63, 3.8) is 0 Å². The number of nitrogens with two attached hydrogens (primary N) is 1. The number of hydrogen-bond acceptors (Lipinski definition) is 3. The molecule has 0 aliphatic carbocycles. The van der Waals surface area contributed by atoms with Crippen molar-refractivity contribution in [2.24, 2.45) is 5.73 Å². The van der Waals surface area contributed by atoms with E-state index in [1.54, 1.807) is 12.4 Å². The summed E-state index contributed by atoms with van der Waals surface area (Å²) in [5.41, 5.74) is 7.65. The second-order valence-corrected chi connectivity index (χ2v) is 3.59. The molecule has 4 nitrogen and oxygen atoms in total. The van der Waals surface area contributed by atoms with Gasteiger partial charge in [-0.25, -0.2) is 4.98 Å². The number of nitrogens with one attached hydrogen (secondary N) is 1. The largest absolute Gasteiger partial charge is 0.341 e. The summed E-state index contributed by atoms with van der Waals surface area (Å²) in [5.74, 6) is 0.991. The average Bonchev–Trinajstić information content (AvgIpc) is 2.57. The number of rotatable bonds is 3. The van der Waals surface area contributed by atoms with Crippen molar-refractivity contribution in [2.45, 2.75) is 25.8 Å². The van der Waals surface area contributed by atoms with Gasteiger partial charge in [0.15, 0.2) is 0 Å². The van der Waals surface area contributed by atoms with Crippen molar-refractivity contribution in [2.75, 3.05) is 0 Å². The third-order valence-electron chi connectivity index (χ3n) is 2.17. The second kappa shape index (κ2) is 3.75. The zero-order valence-corrected chi connectivity index (χ0v) is 8.20. The minimum atomic E-state index is 0.223. The van der Waals surface area contributed by atoms with Crippen molar-refractivity contribution in [3.8, 4) is 0 Å². The van der Waals surface area contributed by atoms with E-state index in [1.165, 1.54) is 0 Å². The topological polar surface area (TPSA) is 67.6 Å². The highest BCUT2D eigenvalue weighted by molar-refractivity contribution is 5.73. The number of aromatic amines is 1. The molecule has 0 bridgehead atoms. The number of fused-ring (bicyclic) bond motifs is 1. The maximum absolute atomic E-state index is 5.68. The molecule has 14 heavy (non-hydrogen) atoms. The van der Waals surface area contributed by atoms with Gasteiger partial charge in [-0.05, 0) is 19.4 Å². The molecule has 2 heterocycles. The Morgan fingerprint density at radius 3 is 3.14 bits per heavy atom. The minimum Gasteiger partial charge on any atom is -0.341 e. The highest BCUT2D eigenvalue weighted by atomic mass is 14.9. The quantitative estimate of drug-likeness (QED) is 0.765. The molecule has 4 heteroatoms. The van der Waals surface area contributed by atoms with Crippen molar-refractivity contribution in [3.05, 3.63) is 24.3 Å². The molecule has 0 aliphatic rings. The lowest BCUT2D eigenvalue weighted by atomic mass is 10.2. The van der Waals surface area contributed by atoms with Gasteiger partial charge in [-0.1, -0.05) is 0 Å². The van der Waals surface area contributed by atoms with Crippen molar-refractivity contribution in [1.82, 2.24) is 15.0 Å². The molecular formula is C10H14N4. The average molecular weight is 190 g/mol. The van der Waals surface area contributed by atoms with E-state index in [0.29, 0.717) is 0 Å². The Balaban J connectivity index is 2.19. The molecule has 2 aromatic rings. The van der Waals surface area contributed by atoms with E-state index in [-0.39, 0.29) is 6.04 Å². The fourth-order valence-electron chi connectivity index (χ4n) is 1.39. The van der Waals surface area contributed by atoms with E-state index in [1.807, 2.05) is 13.0 Å². The van der Waals surface area contributed by atoms with Crippen LogP contribution in [0.1, 0.15) is 19.2 Å². The maximum Gasteiger partial charge on any atom is 0.107 e. The van der Waals surface area contributed by atoms with Gasteiger partial charge in [0, 0.05) is 18.7 Å². The molecule has 0 aliphatic heterocycles. The molecule has 2 rings (SSSR count). The number of H-pyrrole nitrogens is 1. The third-order valence-corrected chi connectivity index (χ3v) is 2.17. The molecule has 0 spiro atoms. The fraction of sp³-hybridized carbons (Fsp3) is 0.400. The van der Waals surface area contributed by atoms with Gasteiger partial charge in [0.25, 0.3) is 0 Å². The van der Waals surface area contributed by atoms with Crippen LogP contribution >= 0.6 is 0 Å². The Bertz CT molecular complexity index is 386. The number of hydrogen-bond donors (Lipinski definition) is 2. The van der Waals surface area contributed by atoms with Crippen LogP contribution in [0, 0.1) is 0 Å². The fourth-order valence-corrected chi connectivity index (χ4v) is 1.39. The standard InChI is InChI=1S/C10H14N4/c1-7(11)2-3-10-13-8-4-5-12-6-9(8)14-10/h4-7H,2-3,11H2,1H3,(H,13,14). The summed E-state index contributed by atoms with van der Waals surface area (Å²) in [6.45, 7) is 2.00. The third kappa shape index (κ3) is 1.90. The van der Waals surface area contributed by atoms with Gasteiger partial charge in [-0.3, -0.25) is 4.98 Å².